The van der Waals surface area contributed by atoms with Gasteiger partial charge in [0.05, 0.1) is 7.11 Å². The topological polar surface area (TPSA) is 50.7 Å². The maximum atomic E-state index is 9.96. The zero-order valence-electron chi connectivity index (χ0n) is 11.8. The molecule has 4 nitrogen and oxygen atoms in total. The fourth-order valence-electron chi connectivity index (χ4n) is 1.82. The summed E-state index contributed by atoms with van der Waals surface area (Å²) in [6, 6.07) is 15.2. The van der Waals surface area contributed by atoms with E-state index in [1.54, 1.807) is 7.11 Å². The lowest BCUT2D eigenvalue weighted by Gasteiger charge is -2.15. The monoisotopic (exact) mass is 351 g/mol. The van der Waals surface area contributed by atoms with Crippen LogP contribution < -0.4 is 14.8 Å². The average molecular weight is 352 g/mol. The maximum Gasteiger partial charge on any atom is 0.161 e. The Morgan fingerprint density at radius 2 is 1.90 bits per heavy atom. The zero-order valence-corrected chi connectivity index (χ0v) is 13.3. The maximum absolute atomic E-state index is 9.96. The Labute approximate surface area is 132 Å². The molecule has 1 unspecified atom stereocenters. The second kappa shape index (κ2) is 7.90. The van der Waals surface area contributed by atoms with Crippen molar-refractivity contribution in [1.82, 2.24) is 0 Å². The number of benzene rings is 2. The minimum absolute atomic E-state index is 0.196. The van der Waals surface area contributed by atoms with Crippen LogP contribution in [-0.2, 0) is 0 Å². The van der Waals surface area contributed by atoms with Gasteiger partial charge in [-0.1, -0.05) is 34.1 Å². The molecule has 2 N–H and O–H groups in total. The third kappa shape index (κ3) is 4.95. The van der Waals surface area contributed by atoms with Gasteiger partial charge in [-0.25, -0.2) is 0 Å². The Balaban J connectivity index is 1.81. The molecule has 0 aliphatic carbocycles. The van der Waals surface area contributed by atoms with Gasteiger partial charge in [0.1, 0.15) is 12.7 Å². The zero-order chi connectivity index (χ0) is 15.1. The normalized spacial score (nSPS) is 11.8. The number of methoxy groups -OCH3 is 1. The van der Waals surface area contributed by atoms with Crippen LogP contribution in [0.5, 0.6) is 11.5 Å². The van der Waals surface area contributed by atoms with Gasteiger partial charge >= 0.3 is 0 Å². The van der Waals surface area contributed by atoms with Crippen molar-refractivity contribution in [3.05, 3.63) is 53.0 Å². The van der Waals surface area contributed by atoms with Crippen LogP contribution in [0.25, 0.3) is 0 Å². The Morgan fingerprint density at radius 3 is 2.62 bits per heavy atom. The van der Waals surface area contributed by atoms with E-state index in [1.807, 2.05) is 48.5 Å². The molecular formula is C16H18BrNO3. The second-order valence-electron chi connectivity index (χ2n) is 4.51. The molecule has 0 saturated heterocycles. The largest absolute Gasteiger partial charge is 0.493 e. The number of ether oxygens (including phenoxy) is 2. The van der Waals surface area contributed by atoms with Crippen LogP contribution >= 0.6 is 15.9 Å². The van der Waals surface area contributed by atoms with Crippen LogP contribution in [0.2, 0.25) is 0 Å². The van der Waals surface area contributed by atoms with E-state index in [4.69, 9.17) is 9.47 Å². The van der Waals surface area contributed by atoms with E-state index < -0.39 is 6.10 Å². The molecule has 2 aromatic rings. The molecule has 2 aromatic carbocycles. The first-order valence-electron chi connectivity index (χ1n) is 6.62. The van der Waals surface area contributed by atoms with E-state index >= 15 is 0 Å². The van der Waals surface area contributed by atoms with Gasteiger partial charge in [-0.2, -0.15) is 0 Å². The van der Waals surface area contributed by atoms with Crippen molar-refractivity contribution < 1.29 is 14.6 Å². The van der Waals surface area contributed by atoms with Crippen molar-refractivity contribution in [1.29, 1.82) is 0 Å². The molecule has 0 radical (unpaired) electrons. The van der Waals surface area contributed by atoms with Gasteiger partial charge in [0.25, 0.3) is 0 Å². The second-order valence-corrected chi connectivity index (χ2v) is 5.42. The minimum atomic E-state index is -0.617. The molecule has 0 aliphatic heterocycles. The highest BCUT2D eigenvalue weighted by molar-refractivity contribution is 9.10. The number of halogens is 1. The van der Waals surface area contributed by atoms with E-state index in [0.717, 1.165) is 10.2 Å². The van der Waals surface area contributed by atoms with Crippen LogP contribution in [0.15, 0.2) is 53.0 Å². The molecule has 0 heterocycles. The summed E-state index contributed by atoms with van der Waals surface area (Å²) in [4.78, 5) is 0. The predicted octanol–water partition coefficient (Wildman–Crippen LogP) is 3.31. The summed E-state index contributed by atoms with van der Waals surface area (Å²) in [5, 5.41) is 13.1. The molecule has 112 valence electrons. The van der Waals surface area contributed by atoms with E-state index in [1.165, 1.54) is 0 Å². The van der Waals surface area contributed by atoms with Crippen LogP contribution in [0.4, 0.5) is 5.69 Å². The van der Waals surface area contributed by atoms with Crippen molar-refractivity contribution in [3.8, 4) is 11.5 Å². The summed E-state index contributed by atoms with van der Waals surface area (Å²) in [5.74, 6) is 1.28. The lowest BCUT2D eigenvalue weighted by atomic mass is 10.3. The molecule has 5 heteroatoms. The van der Waals surface area contributed by atoms with Crippen molar-refractivity contribution in [2.45, 2.75) is 6.10 Å². The Hall–Kier alpha value is -1.72. The molecule has 21 heavy (non-hydrogen) atoms. The number of rotatable bonds is 7. The summed E-state index contributed by atoms with van der Waals surface area (Å²) in [6.07, 6.45) is -0.617. The molecule has 1 atom stereocenters. The average Bonchev–Trinajstić information content (AvgIpc) is 2.51. The molecule has 0 bridgehead atoms. The molecule has 0 saturated carbocycles. The number of hydrogen-bond donors (Lipinski definition) is 2. The predicted molar refractivity (Wildman–Crippen MR) is 87.1 cm³/mol. The summed E-state index contributed by atoms with van der Waals surface area (Å²) in [7, 11) is 1.59. The van der Waals surface area contributed by atoms with Crippen molar-refractivity contribution in [2.75, 3.05) is 25.6 Å². The first-order valence-corrected chi connectivity index (χ1v) is 7.41. The SMILES string of the molecule is COc1ccccc1OCC(O)CNc1cccc(Br)c1. The number of aliphatic hydroxyl groups excluding tert-OH is 1. The van der Waals surface area contributed by atoms with Gasteiger partial charge < -0.3 is 19.9 Å². The summed E-state index contributed by atoms with van der Waals surface area (Å²) in [5.41, 5.74) is 0.945. The van der Waals surface area contributed by atoms with E-state index in [9.17, 15) is 5.11 Å². The molecule has 0 aliphatic rings. The number of aliphatic hydroxyl groups is 1. The lowest BCUT2D eigenvalue weighted by molar-refractivity contribution is 0.115. The molecular weight excluding hydrogens is 334 g/mol. The highest BCUT2D eigenvalue weighted by Crippen LogP contribution is 2.25. The van der Waals surface area contributed by atoms with E-state index in [2.05, 4.69) is 21.2 Å². The fraction of sp³-hybridized carbons (Fsp3) is 0.250. The first kappa shape index (κ1) is 15.7. The summed E-state index contributed by atoms with van der Waals surface area (Å²) in [6.45, 7) is 0.604. The Morgan fingerprint density at radius 1 is 1.14 bits per heavy atom. The molecule has 2 rings (SSSR count). The Bertz CT molecular complexity index is 577. The Kier molecular flexibility index (Phi) is 5.90. The minimum Gasteiger partial charge on any atom is -0.493 e. The smallest absolute Gasteiger partial charge is 0.161 e. The molecule has 0 amide bonds. The van der Waals surface area contributed by atoms with Crippen LogP contribution in [0, 0.1) is 0 Å². The van der Waals surface area contributed by atoms with Gasteiger partial charge in [-0.3, -0.25) is 0 Å². The fourth-order valence-corrected chi connectivity index (χ4v) is 2.22. The number of nitrogens with one attached hydrogen (secondary N) is 1. The van der Waals surface area contributed by atoms with Crippen LogP contribution in [0.1, 0.15) is 0 Å². The van der Waals surface area contributed by atoms with Crippen molar-refractivity contribution in [2.24, 2.45) is 0 Å². The molecule has 0 aromatic heterocycles. The van der Waals surface area contributed by atoms with Gasteiger partial charge in [0, 0.05) is 16.7 Å². The lowest BCUT2D eigenvalue weighted by Crippen LogP contribution is -2.26. The standard InChI is InChI=1S/C16H18BrNO3/c1-20-15-7-2-3-8-16(15)21-11-14(19)10-18-13-6-4-5-12(17)9-13/h2-9,14,18-19H,10-11H2,1H3. The molecule has 0 fully saturated rings. The van der Waals surface area contributed by atoms with E-state index in [-0.39, 0.29) is 6.61 Å². The highest BCUT2D eigenvalue weighted by Gasteiger charge is 2.08. The van der Waals surface area contributed by atoms with Crippen molar-refractivity contribution in [3.63, 3.8) is 0 Å². The van der Waals surface area contributed by atoms with E-state index in [0.29, 0.717) is 18.0 Å². The van der Waals surface area contributed by atoms with Crippen LogP contribution in [-0.4, -0.2) is 31.5 Å². The van der Waals surface area contributed by atoms with Crippen molar-refractivity contribution >= 4 is 21.6 Å². The van der Waals surface area contributed by atoms with Gasteiger partial charge in [0.2, 0.25) is 0 Å². The third-order valence-corrected chi connectivity index (χ3v) is 3.36. The quantitative estimate of drug-likeness (QED) is 0.803. The van der Waals surface area contributed by atoms with Gasteiger partial charge in [-0.05, 0) is 30.3 Å². The summed E-state index contributed by atoms with van der Waals surface area (Å²) < 4.78 is 11.8. The molecule has 0 spiro atoms. The third-order valence-electron chi connectivity index (χ3n) is 2.87. The van der Waals surface area contributed by atoms with Gasteiger partial charge in [-0.15, -0.1) is 0 Å². The van der Waals surface area contributed by atoms with Gasteiger partial charge in [0.15, 0.2) is 11.5 Å². The number of hydrogen-bond acceptors (Lipinski definition) is 4. The number of para-hydroxylation sites is 2. The number of anilines is 1. The van der Waals surface area contributed by atoms with Crippen LogP contribution in [0.3, 0.4) is 0 Å². The first-order chi connectivity index (χ1) is 10.2. The highest BCUT2D eigenvalue weighted by atomic mass is 79.9. The summed E-state index contributed by atoms with van der Waals surface area (Å²) >= 11 is 3.41.